The quantitative estimate of drug-likeness (QED) is 0.765. The van der Waals surface area contributed by atoms with E-state index in [9.17, 15) is 4.79 Å². The van der Waals surface area contributed by atoms with E-state index in [1.807, 2.05) is 12.1 Å². The lowest BCUT2D eigenvalue weighted by Crippen LogP contribution is -2.15. The van der Waals surface area contributed by atoms with Crippen molar-refractivity contribution in [2.45, 2.75) is 0 Å². The molecule has 20 heavy (non-hydrogen) atoms. The summed E-state index contributed by atoms with van der Waals surface area (Å²) >= 11 is 6.75. The van der Waals surface area contributed by atoms with Gasteiger partial charge in [-0.3, -0.25) is 4.79 Å². The number of ether oxygens (including phenoxy) is 1. The fourth-order valence-electron chi connectivity index (χ4n) is 1.74. The predicted octanol–water partition coefficient (Wildman–Crippen LogP) is 4.05. The summed E-state index contributed by atoms with van der Waals surface area (Å²) in [5, 5.41) is 2.81. The zero-order valence-electron chi connectivity index (χ0n) is 10.6. The molecule has 2 aromatic rings. The highest BCUT2D eigenvalue weighted by Crippen LogP contribution is 2.29. The van der Waals surface area contributed by atoms with Gasteiger partial charge >= 0.3 is 0 Å². The molecule has 0 atom stereocenters. The molecule has 0 saturated carbocycles. The van der Waals surface area contributed by atoms with Crippen LogP contribution in [-0.4, -0.2) is 13.0 Å². The van der Waals surface area contributed by atoms with Crippen molar-refractivity contribution in [2.24, 2.45) is 0 Å². The lowest BCUT2D eigenvalue weighted by molar-refractivity contribution is 0.102. The zero-order valence-corrected chi connectivity index (χ0v) is 13.8. The Morgan fingerprint density at radius 2 is 2.00 bits per heavy atom. The van der Waals surface area contributed by atoms with E-state index in [0.717, 1.165) is 8.95 Å². The number of carbonyl (C=O) groups excluding carboxylic acids is 1. The summed E-state index contributed by atoms with van der Waals surface area (Å²) in [6.45, 7) is 0. The van der Waals surface area contributed by atoms with Gasteiger partial charge in [-0.15, -0.1) is 0 Å². The average Bonchev–Trinajstić information content (AvgIpc) is 2.42. The smallest absolute Gasteiger partial charge is 0.261 e. The Bertz CT molecular complexity index is 660. The van der Waals surface area contributed by atoms with Gasteiger partial charge < -0.3 is 15.8 Å². The molecular formula is C14H12Br2N2O2. The number of hydrogen-bond acceptors (Lipinski definition) is 3. The Kier molecular flexibility index (Phi) is 4.67. The van der Waals surface area contributed by atoms with Crippen molar-refractivity contribution in [3.05, 3.63) is 50.9 Å². The van der Waals surface area contributed by atoms with Gasteiger partial charge in [0.25, 0.3) is 5.91 Å². The molecule has 0 spiro atoms. The summed E-state index contributed by atoms with van der Waals surface area (Å²) in [5.41, 5.74) is 7.20. The number of carbonyl (C=O) groups is 1. The van der Waals surface area contributed by atoms with E-state index in [1.165, 1.54) is 7.11 Å². The minimum atomic E-state index is -0.321. The van der Waals surface area contributed by atoms with E-state index in [0.29, 0.717) is 22.7 Å². The number of benzene rings is 2. The van der Waals surface area contributed by atoms with E-state index in [-0.39, 0.29) is 5.91 Å². The van der Waals surface area contributed by atoms with Crippen LogP contribution in [0.3, 0.4) is 0 Å². The third kappa shape index (κ3) is 3.13. The molecule has 0 aliphatic rings. The van der Waals surface area contributed by atoms with Gasteiger partial charge in [0.1, 0.15) is 11.3 Å². The Morgan fingerprint density at radius 3 is 2.70 bits per heavy atom. The number of hydrogen-bond donors (Lipinski definition) is 2. The maximum atomic E-state index is 12.4. The van der Waals surface area contributed by atoms with E-state index >= 15 is 0 Å². The van der Waals surface area contributed by atoms with Gasteiger partial charge in [-0.05, 0) is 46.3 Å². The molecule has 4 nitrogen and oxygen atoms in total. The van der Waals surface area contributed by atoms with Gasteiger partial charge in [-0.25, -0.2) is 0 Å². The van der Waals surface area contributed by atoms with Crippen molar-refractivity contribution in [3.63, 3.8) is 0 Å². The summed E-state index contributed by atoms with van der Waals surface area (Å²) in [7, 11) is 1.50. The standard InChI is InChI=1S/C14H12Br2N2O2/c1-20-12-4-2-3-10(17)13(12)14(19)18-11-7-8(15)5-6-9(11)16/h2-7H,17H2,1H3,(H,18,19). The largest absolute Gasteiger partial charge is 0.496 e. The number of nitrogens with one attached hydrogen (secondary N) is 1. The summed E-state index contributed by atoms with van der Waals surface area (Å²) in [4.78, 5) is 12.4. The summed E-state index contributed by atoms with van der Waals surface area (Å²) < 4.78 is 6.82. The zero-order chi connectivity index (χ0) is 14.7. The average molecular weight is 400 g/mol. The number of halogens is 2. The topological polar surface area (TPSA) is 64.3 Å². The van der Waals surface area contributed by atoms with E-state index in [1.54, 1.807) is 24.3 Å². The Morgan fingerprint density at radius 1 is 1.25 bits per heavy atom. The molecule has 0 radical (unpaired) electrons. The summed E-state index contributed by atoms with van der Waals surface area (Å²) in [6, 6.07) is 10.6. The van der Waals surface area contributed by atoms with Crippen LogP contribution < -0.4 is 15.8 Å². The molecule has 0 unspecified atom stereocenters. The molecule has 6 heteroatoms. The van der Waals surface area contributed by atoms with E-state index < -0.39 is 0 Å². The Balaban J connectivity index is 2.36. The molecule has 0 saturated heterocycles. The molecular weight excluding hydrogens is 388 g/mol. The van der Waals surface area contributed by atoms with Crippen LogP contribution in [0.4, 0.5) is 11.4 Å². The first-order valence-electron chi connectivity index (χ1n) is 5.72. The minimum Gasteiger partial charge on any atom is -0.496 e. The number of rotatable bonds is 3. The normalized spacial score (nSPS) is 10.2. The molecule has 0 fully saturated rings. The third-order valence-corrected chi connectivity index (χ3v) is 3.87. The van der Waals surface area contributed by atoms with Crippen molar-refractivity contribution in [1.82, 2.24) is 0 Å². The van der Waals surface area contributed by atoms with Crippen LogP contribution in [0.5, 0.6) is 5.75 Å². The molecule has 104 valence electrons. The number of anilines is 2. The fraction of sp³-hybridized carbons (Fsp3) is 0.0714. The van der Waals surface area contributed by atoms with E-state index in [4.69, 9.17) is 10.5 Å². The maximum Gasteiger partial charge on any atom is 0.261 e. The van der Waals surface area contributed by atoms with Crippen LogP contribution in [0.15, 0.2) is 45.3 Å². The van der Waals surface area contributed by atoms with Crippen LogP contribution in [0.2, 0.25) is 0 Å². The second-order valence-corrected chi connectivity index (χ2v) is 5.77. The maximum absolute atomic E-state index is 12.4. The van der Waals surface area contributed by atoms with E-state index in [2.05, 4.69) is 37.2 Å². The van der Waals surface area contributed by atoms with Crippen LogP contribution in [-0.2, 0) is 0 Å². The first-order chi connectivity index (χ1) is 9.52. The van der Waals surface area contributed by atoms with Crippen LogP contribution in [0.1, 0.15) is 10.4 Å². The van der Waals surface area contributed by atoms with Gasteiger partial charge in [0.2, 0.25) is 0 Å². The lowest BCUT2D eigenvalue weighted by atomic mass is 10.1. The third-order valence-electron chi connectivity index (χ3n) is 2.68. The Hall–Kier alpha value is -1.53. The van der Waals surface area contributed by atoms with Crippen molar-refractivity contribution < 1.29 is 9.53 Å². The molecule has 1 amide bonds. The molecule has 2 rings (SSSR count). The van der Waals surface area contributed by atoms with Gasteiger partial charge in [-0.2, -0.15) is 0 Å². The highest BCUT2D eigenvalue weighted by Gasteiger charge is 2.16. The first kappa shape index (κ1) is 14.9. The number of methoxy groups -OCH3 is 1. The van der Waals surface area contributed by atoms with Crippen molar-refractivity contribution >= 4 is 49.1 Å². The fourth-order valence-corrected chi connectivity index (χ4v) is 2.45. The van der Waals surface area contributed by atoms with Gasteiger partial charge in [0, 0.05) is 14.6 Å². The first-order valence-corrected chi connectivity index (χ1v) is 7.30. The summed E-state index contributed by atoms with van der Waals surface area (Å²) in [6.07, 6.45) is 0. The van der Waals surface area contributed by atoms with Crippen LogP contribution in [0.25, 0.3) is 0 Å². The van der Waals surface area contributed by atoms with Gasteiger partial charge in [0.05, 0.1) is 12.8 Å². The van der Waals surface area contributed by atoms with Crippen LogP contribution >= 0.6 is 31.9 Å². The number of amides is 1. The Labute approximate surface area is 133 Å². The molecule has 0 bridgehead atoms. The van der Waals surface area contributed by atoms with Gasteiger partial charge in [-0.1, -0.05) is 22.0 Å². The highest BCUT2D eigenvalue weighted by atomic mass is 79.9. The second kappa shape index (κ2) is 6.28. The molecule has 2 aromatic carbocycles. The molecule has 0 aliphatic carbocycles. The minimum absolute atomic E-state index is 0.321. The molecule has 3 N–H and O–H groups in total. The van der Waals surface area contributed by atoms with Crippen LogP contribution in [0, 0.1) is 0 Å². The van der Waals surface area contributed by atoms with Crippen molar-refractivity contribution in [1.29, 1.82) is 0 Å². The number of nitrogen functional groups attached to an aromatic ring is 1. The highest BCUT2D eigenvalue weighted by molar-refractivity contribution is 9.11. The second-order valence-electron chi connectivity index (χ2n) is 4.00. The van der Waals surface area contributed by atoms with Crippen molar-refractivity contribution in [2.75, 3.05) is 18.2 Å². The molecule has 0 aliphatic heterocycles. The number of nitrogens with two attached hydrogens (primary N) is 1. The molecule has 0 aromatic heterocycles. The van der Waals surface area contributed by atoms with Gasteiger partial charge in [0.15, 0.2) is 0 Å². The monoisotopic (exact) mass is 398 g/mol. The SMILES string of the molecule is COc1cccc(N)c1C(=O)Nc1cc(Br)ccc1Br. The lowest BCUT2D eigenvalue weighted by Gasteiger charge is -2.12. The van der Waals surface area contributed by atoms with Crippen molar-refractivity contribution in [3.8, 4) is 5.75 Å². The predicted molar refractivity (Wildman–Crippen MR) is 87.2 cm³/mol. The molecule has 0 heterocycles. The summed E-state index contributed by atoms with van der Waals surface area (Å²) in [5.74, 6) is 0.118.